The van der Waals surface area contributed by atoms with Crippen LogP contribution in [-0.4, -0.2) is 17.4 Å². The molecule has 1 N–H and O–H groups in total. The van der Waals surface area contributed by atoms with Crippen LogP contribution in [0.5, 0.6) is 0 Å². The quantitative estimate of drug-likeness (QED) is 0.800. The van der Waals surface area contributed by atoms with E-state index >= 15 is 0 Å². The summed E-state index contributed by atoms with van der Waals surface area (Å²) in [5.74, 6) is -0.909. The van der Waals surface area contributed by atoms with Crippen molar-refractivity contribution in [1.82, 2.24) is 0 Å². The van der Waals surface area contributed by atoms with Gasteiger partial charge in [0.15, 0.2) is 6.29 Å². The number of rotatable bonds is 4. The van der Waals surface area contributed by atoms with Crippen LogP contribution in [0, 0.1) is 0 Å². The van der Waals surface area contributed by atoms with Crippen molar-refractivity contribution in [2.75, 3.05) is 0 Å². The summed E-state index contributed by atoms with van der Waals surface area (Å²) in [5.41, 5.74) is 1.11. The highest BCUT2D eigenvalue weighted by molar-refractivity contribution is 6.30. The summed E-state index contributed by atoms with van der Waals surface area (Å²) >= 11 is 5.70. The van der Waals surface area contributed by atoms with E-state index in [1.807, 2.05) is 0 Å². The van der Waals surface area contributed by atoms with Crippen LogP contribution < -0.4 is 0 Å². The van der Waals surface area contributed by atoms with E-state index in [0.717, 1.165) is 0 Å². The van der Waals surface area contributed by atoms with E-state index in [2.05, 4.69) is 0 Å². The zero-order valence-electron chi connectivity index (χ0n) is 7.81. The third-order valence-electron chi connectivity index (χ3n) is 1.77. The molecular weight excluding hydrogens is 216 g/mol. The predicted octanol–water partition coefficient (Wildman–Crippen LogP) is 2.64. The van der Waals surface area contributed by atoms with E-state index in [4.69, 9.17) is 16.7 Å². The van der Waals surface area contributed by atoms with Crippen molar-refractivity contribution in [2.45, 2.75) is 6.42 Å². The van der Waals surface area contributed by atoms with Crippen molar-refractivity contribution in [3.8, 4) is 0 Å². The molecule has 0 spiro atoms. The average molecular weight is 225 g/mol. The first-order valence-corrected chi connectivity index (χ1v) is 4.64. The molecule has 0 radical (unpaired) electrons. The van der Waals surface area contributed by atoms with Gasteiger partial charge in [0.25, 0.3) is 0 Å². The van der Waals surface area contributed by atoms with Crippen LogP contribution in [0.4, 0.5) is 0 Å². The van der Waals surface area contributed by atoms with Crippen molar-refractivity contribution >= 4 is 29.9 Å². The molecular formula is C11H9ClO3. The molecule has 0 fully saturated rings. The monoisotopic (exact) mass is 224 g/mol. The maximum atomic E-state index is 10.7. The first-order valence-electron chi connectivity index (χ1n) is 4.26. The highest BCUT2D eigenvalue weighted by Crippen LogP contribution is 2.16. The van der Waals surface area contributed by atoms with Gasteiger partial charge >= 0.3 is 5.97 Å². The molecule has 0 saturated heterocycles. The lowest BCUT2D eigenvalue weighted by Crippen LogP contribution is -1.90. The maximum Gasteiger partial charge on any atom is 0.307 e. The Hall–Kier alpha value is -1.61. The molecule has 0 heterocycles. The van der Waals surface area contributed by atoms with Crippen molar-refractivity contribution in [3.05, 3.63) is 40.4 Å². The van der Waals surface area contributed by atoms with Crippen LogP contribution in [0.1, 0.15) is 22.3 Å². The molecule has 0 bridgehead atoms. The number of benzene rings is 1. The van der Waals surface area contributed by atoms with Crippen LogP contribution in [0.2, 0.25) is 5.02 Å². The Kier molecular flexibility index (Phi) is 4.06. The Morgan fingerprint density at radius 1 is 1.40 bits per heavy atom. The lowest BCUT2D eigenvalue weighted by atomic mass is 10.1. The van der Waals surface area contributed by atoms with Gasteiger partial charge < -0.3 is 5.11 Å². The average Bonchev–Trinajstić information content (AvgIpc) is 2.19. The van der Waals surface area contributed by atoms with Gasteiger partial charge in [0.05, 0.1) is 6.42 Å². The number of carboxylic acids is 1. The maximum absolute atomic E-state index is 10.7. The standard InChI is InChI=1S/C11H9ClO3/c12-10-5-4-8(9(6-10)7-13)2-1-3-11(14)15/h1-2,4-7H,3H2,(H,14,15). The zero-order valence-corrected chi connectivity index (χ0v) is 8.57. The second kappa shape index (κ2) is 5.32. The summed E-state index contributed by atoms with van der Waals surface area (Å²) in [7, 11) is 0. The first-order chi connectivity index (χ1) is 7.13. The fraction of sp³-hybridized carbons (Fsp3) is 0.0909. The SMILES string of the molecule is O=Cc1cc(Cl)ccc1C=CCC(=O)O. The Balaban J connectivity index is 2.89. The molecule has 0 aliphatic heterocycles. The van der Waals surface area contributed by atoms with Gasteiger partial charge in [-0.1, -0.05) is 29.8 Å². The minimum absolute atomic E-state index is 0.0685. The molecule has 0 aromatic heterocycles. The van der Waals surface area contributed by atoms with Gasteiger partial charge in [-0.3, -0.25) is 9.59 Å². The van der Waals surface area contributed by atoms with E-state index in [1.54, 1.807) is 18.2 Å². The van der Waals surface area contributed by atoms with Crippen LogP contribution in [0.25, 0.3) is 6.08 Å². The van der Waals surface area contributed by atoms with Crippen molar-refractivity contribution in [3.63, 3.8) is 0 Å². The number of aliphatic carboxylic acids is 1. The second-order valence-electron chi connectivity index (χ2n) is 2.89. The number of carbonyl (C=O) groups is 2. The van der Waals surface area contributed by atoms with Crippen LogP contribution in [0.15, 0.2) is 24.3 Å². The highest BCUT2D eigenvalue weighted by Gasteiger charge is 1.99. The van der Waals surface area contributed by atoms with E-state index in [-0.39, 0.29) is 6.42 Å². The number of aldehydes is 1. The fourth-order valence-electron chi connectivity index (χ4n) is 1.09. The van der Waals surface area contributed by atoms with Gasteiger partial charge in [-0.25, -0.2) is 0 Å². The molecule has 1 aromatic rings. The van der Waals surface area contributed by atoms with Gasteiger partial charge in [0.1, 0.15) is 0 Å². The third-order valence-corrected chi connectivity index (χ3v) is 2.00. The molecule has 4 heteroatoms. The summed E-state index contributed by atoms with van der Waals surface area (Å²) in [6, 6.07) is 4.86. The third kappa shape index (κ3) is 3.56. The summed E-state index contributed by atoms with van der Waals surface area (Å²) in [5, 5.41) is 8.90. The number of carboxylic acid groups (broad SMARTS) is 1. The van der Waals surface area contributed by atoms with Crippen LogP contribution in [0.3, 0.4) is 0 Å². The molecule has 15 heavy (non-hydrogen) atoms. The number of hydrogen-bond acceptors (Lipinski definition) is 2. The van der Waals surface area contributed by atoms with Crippen LogP contribution >= 0.6 is 11.6 Å². The lowest BCUT2D eigenvalue weighted by molar-refractivity contribution is -0.135. The molecule has 0 aliphatic rings. The number of carbonyl (C=O) groups excluding carboxylic acids is 1. The van der Waals surface area contributed by atoms with E-state index < -0.39 is 5.97 Å². The molecule has 0 unspecified atom stereocenters. The zero-order chi connectivity index (χ0) is 11.3. The number of hydrogen-bond donors (Lipinski definition) is 1. The smallest absolute Gasteiger partial charge is 0.307 e. The molecule has 1 rings (SSSR count). The Morgan fingerprint density at radius 2 is 2.13 bits per heavy atom. The molecule has 0 aliphatic carbocycles. The van der Waals surface area contributed by atoms with Gasteiger partial charge in [0, 0.05) is 10.6 Å². The normalized spacial score (nSPS) is 10.5. The van der Waals surface area contributed by atoms with E-state index in [1.165, 1.54) is 12.1 Å². The van der Waals surface area contributed by atoms with E-state index in [0.29, 0.717) is 22.4 Å². The first kappa shape index (κ1) is 11.5. The summed E-state index contributed by atoms with van der Waals surface area (Å²) < 4.78 is 0. The molecule has 0 saturated carbocycles. The van der Waals surface area contributed by atoms with Crippen molar-refractivity contribution < 1.29 is 14.7 Å². The van der Waals surface area contributed by atoms with Gasteiger partial charge in [-0.15, -0.1) is 0 Å². The molecule has 0 atom stereocenters. The summed E-state index contributed by atoms with van der Waals surface area (Å²) in [4.78, 5) is 20.9. The molecule has 78 valence electrons. The minimum atomic E-state index is -0.909. The Bertz CT molecular complexity index is 410. The minimum Gasteiger partial charge on any atom is -0.481 e. The fourth-order valence-corrected chi connectivity index (χ4v) is 1.27. The Morgan fingerprint density at radius 3 is 2.73 bits per heavy atom. The van der Waals surface area contributed by atoms with Gasteiger partial charge in [-0.2, -0.15) is 0 Å². The van der Waals surface area contributed by atoms with Crippen molar-refractivity contribution in [2.24, 2.45) is 0 Å². The van der Waals surface area contributed by atoms with Crippen molar-refractivity contribution in [1.29, 1.82) is 0 Å². The van der Waals surface area contributed by atoms with E-state index in [9.17, 15) is 9.59 Å². The van der Waals surface area contributed by atoms with Crippen LogP contribution in [-0.2, 0) is 4.79 Å². The summed E-state index contributed by atoms with van der Waals surface area (Å²) in [6.45, 7) is 0. The second-order valence-corrected chi connectivity index (χ2v) is 3.33. The number of halogens is 1. The van der Waals surface area contributed by atoms with Gasteiger partial charge in [-0.05, 0) is 17.7 Å². The predicted molar refractivity (Wildman–Crippen MR) is 58.1 cm³/mol. The molecule has 1 aromatic carbocycles. The highest BCUT2D eigenvalue weighted by atomic mass is 35.5. The summed E-state index contributed by atoms with van der Waals surface area (Å²) in [6.07, 6.45) is 3.69. The largest absolute Gasteiger partial charge is 0.481 e. The lowest BCUT2D eigenvalue weighted by Gasteiger charge is -1.98. The van der Waals surface area contributed by atoms with Gasteiger partial charge in [0.2, 0.25) is 0 Å². The molecule has 3 nitrogen and oxygen atoms in total. The molecule has 0 amide bonds. The topological polar surface area (TPSA) is 54.4 Å². The Labute approximate surface area is 92.0 Å².